The Morgan fingerprint density at radius 1 is 0.478 bits per heavy atom. The van der Waals surface area contributed by atoms with Crippen molar-refractivity contribution in [1.29, 1.82) is 0 Å². The molecule has 0 atom stereocenters. The zero-order chi connectivity index (χ0) is 33.6. The Labute approximate surface area is 288 Å². The van der Waals surface area contributed by atoms with Crippen LogP contribution in [-0.4, -0.2) is 31.3 Å². The first-order valence-electron chi connectivity index (χ1n) is 19.7. The van der Waals surface area contributed by atoms with E-state index in [2.05, 4.69) is 106 Å². The molecule has 0 aliphatic rings. The smallest absolute Gasteiger partial charge is 0.133 e. The highest BCUT2D eigenvalue weighted by Gasteiger charge is 2.14. The lowest BCUT2D eigenvalue weighted by molar-refractivity contribution is -0.120. The Kier molecular flexibility index (Phi) is 36.0. The first kappa shape index (κ1) is 44.1. The number of hydrogen-bond donors (Lipinski definition) is 0. The predicted molar refractivity (Wildman–Crippen MR) is 209 cm³/mol. The molecular formula is C44H77NO. The number of hydrogen-bond acceptors (Lipinski definition) is 2. The van der Waals surface area contributed by atoms with Crippen LogP contribution in [0.25, 0.3) is 0 Å². The molecule has 0 aromatic carbocycles. The standard InChI is InChI=1S/C44H77NO/c1-5-7-9-11-13-15-17-19-21-23-25-27-29-31-33-35-38-43(42-44(46)40-37-41-45(3)4)39-36-34-32-30-28-26-24-22-20-18-16-14-12-10-8-6-2/h7-10,13-16,19-22,43H,5-6,11-12,17-18,23-42H2,1-4H3/b9-7-,10-8-,15-13-,16-14-,21-19-,22-20-. The van der Waals surface area contributed by atoms with E-state index < -0.39 is 0 Å². The number of allylic oxidation sites excluding steroid dienone is 12. The van der Waals surface area contributed by atoms with Gasteiger partial charge in [0.05, 0.1) is 0 Å². The molecule has 0 heterocycles. The van der Waals surface area contributed by atoms with Crippen LogP contribution >= 0.6 is 0 Å². The summed E-state index contributed by atoms with van der Waals surface area (Å²) in [6.45, 7) is 5.38. The molecule has 0 bridgehead atoms. The van der Waals surface area contributed by atoms with Gasteiger partial charge < -0.3 is 4.90 Å². The molecule has 0 N–H and O–H groups in total. The second kappa shape index (κ2) is 37.5. The molecule has 0 saturated carbocycles. The predicted octanol–water partition coefficient (Wildman–Crippen LogP) is 13.9. The molecule has 0 rings (SSSR count). The Morgan fingerprint density at radius 3 is 1.26 bits per heavy atom. The highest BCUT2D eigenvalue weighted by molar-refractivity contribution is 5.78. The van der Waals surface area contributed by atoms with Crippen LogP contribution in [0.4, 0.5) is 0 Å². The fourth-order valence-electron chi connectivity index (χ4n) is 5.82. The summed E-state index contributed by atoms with van der Waals surface area (Å²) >= 11 is 0. The van der Waals surface area contributed by atoms with Crippen molar-refractivity contribution in [3.05, 3.63) is 72.9 Å². The van der Waals surface area contributed by atoms with Gasteiger partial charge in [-0.05, 0) is 97.2 Å². The molecule has 0 radical (unpaired) electrons. The molecule has 0 fully saturated rings. The number of carbonyl (C=O) groups excluding carboxylic acids is 1. The van der Waals surface area contributed by atoms with Gasteiger partial charge in [-0.3, -0.25) is 4.79 Å². The average molecular weight is 636 g/mol. The number of unbranched alkanes of at least 4 members (excludes halogenated alkanes) is 12. The SMILES string of the molecule is CC/C=C\C/C=C\C/C=C\CCCCCCCCC(CCCCCCCC/C=C\C/C=C\C/C=C\CC)CC(=O)CCCN(C)C. The molecule has 0 aromatic heterocycles. The van der Waals surface area contributed by atoms with Gasteiger partial charge >= 0.3 is 0 Å². The van der Waals surface area contributed by atoms with Gasteiger partial charge in [0.1, 0.15) is 5.78 Å². The number of carbonyl (C=O) groups is 1. The minimum absolute atomic E-state index is 0.501. The molecule has 0 aliphatic carbocycles. The zero-order valence-corrected chi connectivity index (χ0v) is 31.2. The molecule has 0 spiro atoms. The summed E-state index contributed by atoms with van der Waals surface area (Å²) in [6, 6.07) is 0. The highest BCUT2D eigenvalue weighted by Crippen LogP contribution is 2.23. The Morgan fingerprint density at radius 2 is 0.848 bits per heavy atom. The van der Waals surface area contributed by atoms with E-state index in [-0.39, 0.29) is 0 Å². The van der Waals surface area contributed by atoms with Gasteiger partial charge in [-0.25, -0.2) is 0 Å². The van der Waals surface area contributed by atoms with E-state index in [9.17, 15) is 4.79 Å². The summed E-state index contributed by atoms with van der Waals surface area (Å²) in [5.41, 5.74) is 0. The van der Waals surface area contributed by atoms with Crippen LogP contribution in [0, 0.1) is 5.92 Å². The van der Waals surface area contributed by atoms with Crippen molar-refractivity contribution in [2.75, 3.05) is 20.6 Å². The maximum absolute atomic E-state index is 12.7. The van der Waals surface area contributed by atoms with Crippen molar-refractivity contribution >= 4 is 5.78 Å². The van der Waals surface area contributed by atoms with Gasteiger partial charge in [-0.2, -0.15) is 0 Å². The molecule has 0 aromatic rings. The number of rotatable bonds is 34. The van der Waals surface area contributed by atoms with Gasteiger partial charge in [-0.15, -0.1) is 0 Å². The Balaban J connectivity index is 4.05. The fourth-order valence-corrected chi connectivity index (χ4v) is 5.82. The number of Topliss-reactive ketones (excluding diaryl/α,β-unsaturated/α-hetero) is 1. The summed E-state index contributed by atoms with van der Waals surface area (Å²) in [4.78, 5) is 14.9. The molecule has 0 aliphatic heterocycles. The monoisotopic (exact) mass is 636 g/mol. The third kappa shape index (κ3) is 36.5. The molecule has 0 saturated heterocycles. The lowest BCUT2D eigenvalue weighted by Gasteiger charge is -2.17. The zero-order valence-electron chi connectivity index (χ0n) is 31.2. The third-order valence-corrected chi connectivity index (χ3v) is 8.60. The van der Waals surface area contributed by atoms with Crippen LogP contribution in [-0.2, 0) is 4.79 Å². The fraction of sp³-hybridized carbons (Fsp3) is 0.705. The molecule has 0 amide bonds. The van der Waals surface area contributed by atoms with Crippen molar-refractivity contribution in [2.45, 2.75) is 174 Å². The van der Waals surface area contributed by atoms with Gasteiger partial charge in [-0.1, -0.05) is 164 Å². The maximum atomic E-state index is 12.7. The van der Waals surface area contributed by atoms with Crippen molar-refractivity contribution in [2.24, 2.45) is 5.92 Å². The molecule has 264 valence electrons. The summed E-state index contributed by atoms with van der Waals surface area (Å²) in [5.74, 6) is 1.11. The van der Waals surface area contributed by atoms with E-state index >= 15 is 0 Å². The quantitative estimate of drug-likeness (QED) is 0.0518. The van der Waals surface area contributed by atoms with Gasteiger partial charge in [0.2, 0.25) is 0 Å². The largest absolute Gasteiger partial charge is 0.309 e. The van der Waals surface area contributed by atoms with Crippen LogP contribution < -0.4 is 0 Å². The lowest BCUT2D eigenvalue weighted by atomic mass is 9.89. The molecule has 2 nitrogen and oxygen atoms in total. The van der Waals surface area contributed by atoms with Crippen LogP contribution in [0.5, 0.6) is 0 Å². The van der Waals surface area contributed by atoms with Crippen molar-refractivity contribution in [3.8, 4) is 0 Å². The topological polar surface area (TPSA) is 20.3 Å². The van der Waals surface area contributed by atoms with E-state index in [0.29, 0.717) is 11.7 Å². The van der Waals surface area contributed by atoms with E-state index in [1.54, 1.807) is 0 Å². The normalized spacial score (nSPS) is 12.8. The second-order valence-corrected chi connectivity index (χ2v) is 13.5. The summed E-state index contributed by atoms with van der Waals surface area (Å²) in [6.07, 6.45) is 57.4. The van der Waals surface area contributed by atoms with Gasteiger partial charge in [0, 0.05) is 12.8 Å². The van der Waals surface area contributed by atoms with Crippen molar-refractivity contribution in [3.63, 3.8) is 0 Å². The van der Waals surface area contributed by atoms with E-state index in [0.717, 1.165) is 64.3 Å². The average Bonchev–Trinajstić information content (AvgIpc) is 3.04. The van der Waals surface area contributed by atoms with E-state index in [1.165, 1.54) is 103 Å². The molecule has 2 heteroatoms. The molecular weight excluding hydrogens is 558 g/mol. The highest BCUT2D eigenvalue weighted by atomic mass is 16.1. The first-order valence-corrected chi connectivity index (χ1v) is 19.7. The minimum atomic E-state index is 0.501. The van der Waals surface area contributed by atoms with Crippen LogP contribution in [0.2, 0.25) is 0 Å². The molecule has 46 heavy (non-hydrogen) atoms. The Hall–Kier alpha value is -1.93. The maximum Gasteiger partial charge on any atom is 0.133 e. The second-order valence-electron chi connectivity index (χ2n) is 13.5. The number of nitrogens with zero attached hydrogens (tertiary/aromatic N) is 1. The van der Waals surface area contributed by atoms with Gasteiger partial charge in [0.15, 0.2) is 0 Å². The van der Waals surface area contributed by atoms with E-state index in [4.69, 9.17) is 0 Å². The van der Waals surface area contributed by atoms with E-state index in [1.807, 2.05) is 0 Å². The van der Waals surface area contributed by atoms with Crippen molar-refractivity contribution < 1.29 is 4.79 Å². The lowest BCUT2D eigenvalue weighted by Crippen LogP contribution is -2.15. The minimum Gasteiger partial charge on any atom is -0.309 e. The third-order valence-electron chi connectivity index (χ3n) is 8.60. The number of ketones is 1. The van der Waals surface area contributed by atoms with Crippen molar-refractivity contribution in [1.82, 2.24) is 4.90 Å². The summed E-state index contributed by atoms with van der Waals surface area (Å²) in [7, 11) is 4.20. The Bertz CT molecular complexity index is 758. The van der Waals surface area contributed by atoms with Crippen LogP contribution in [0.15, 0.2) is 72.9 Å². The van der Waals surface area contributed by atoms with Gasteiger partial charge in [0.25, 0.3) is 0 Å². The summed E-state index contributed by atoms with van der Waals surface area (Å²) in [5, 5.41) is 0. The van der Waals surface area contributed by atoms with Crippen LogP contribution in [0.3, 0.4) is 0 Å². The first-order chi connectivity index (χ1) is 22.6. The van der Waals surface area contributed by atoms with Crippen LogP contribution in [0.1, 0.15) is 174 Å². The summed E-state index contributed by atoms with van der Waals surface area (Å²) < 4.78 is 0. The molecule has 0 unspecified atom stereocenters.